The average molecular weight is 510 g/mol. The monoisotopic (exact) mass is 509 g/mol. The molecule has 3 aromatic carbocycles. The molecule has 1 N–H and O–H groups in total. The van der Waals surface area contributed by atoms with Crippen LogP contribution in [0.25, 0.3) is 27.6 Å². The number of hydrogen-bond donors (Lipinski definition) is 1. The number of fused-ring (bicyclic) bond motifs is 1. The fraction of sp³-hybridized carbons (Fsp3) is 0.103. The Bertz CT molecular complexity index is 1630. The minimum Gasteiger partial charge on any atom is -0.461 e. The summed E-state index contributed by atoms with van der Waals surface area (Å²) < 4.78 is 6.34. The lowest BCUT2D eigenvalue weighted by atomic mass is 10.0. The number of nitrogens with zero attached hydrogens (tertiary/aromatic N) is 2. The molecule has 1 amide bonds. The molecule has 5 rings (SSSR count). The first kappa shape index (κ1) is 24.1. The predicted molar refractivity (Wildman–Crippen MR) is 145 cm³/mol. The maximum absolute atomic E-state index is 13.5. The topological polar surface area (TPSA) is 90.3 Å². The lowest BCUT2D eigenvalue weighted by Gasteiger charge is -2.10. The summed E-state index contributed by atoms with van der Waals surface area (Å²) in [6.45, 7) is 1.87. The van der Waals surface area contributed by atoms with E-state index in [1.165, 1.54) is 16.0 Å². The highest BCUT2D eigenvalue weighted by Gasteiger charge is 2.23. The number of nitrogens with one attached hydrogen (secondary N) is 1. The standard InChI is InChI=1S/C29H23N3O4S/c1-2-36-29(35)26-23-18-37-27(25(23)28(34)32(31-26)22-11-7-4-8-12-22)30-24(33)17-19-13-15-21(16-14-19)20-9-5-3-6-10-20/h3-16,18H,2,17H2,1H3,(H,30,33). The molecular formula is C29H23N3O4S. The van der Waals surface area contributed by atoms with Crippen LogP contribution < -0.4 is 10.9 Å². The van der Waals surface area contributed by atoms with Crippen molar-refractivity contribution in [3.05, 3.63) is 112 Å². The van der Waals surface area contributed by atoms with Gasteiger partial charge in [-0.1, -0.05) is 72.8 Å². The number of carbonyl (C=O) groups excluding carboxylic acids is 2. The third kappa shape index (κ3) is 5.05. The zero-order chi connectivity index (χ0) is 25.8. The molecule has 0 aliphatic carbocycles. The van der Waals surface area contributed by atoms with Gasteiger partial charge in [0.25, 0.3) is 5.56 Å². The van der Waals surface area contributed by atoms with Crippen molar-refractivity contribution in [2.24, 2.45) is 0 Å². The van der Waals surface area contributed by atoms with E-state index in [1.807, 2.05) is 60.7 Å². The summed E-state index contributed by atoms with van der Waals surface area (Å²) in [7, 11) is 0. The van der Waals surface area contributed by atoms with Crippen molar-refractivity contribution in [3.63, 3.8) is 0 Å². The minimum atomic E-state index is -0.633. The largest absolute Gasteiger partial charge is 0.461 e. The van der Waals surface area contributed by atoms with E-state index in [9.17, 15) is 14.4 Å². The molecule has 0 bridgehead atoms. The van der Waals surface area contributed by atoms with Gasteiger partial charge in [-0.15, -0.1) is 11.3 Å². The maximum atomic E-state index is 13.5. The van der Waals surface area contributed by atoms with Gasteiger partial charge in [0.1, 0.15) is 5.00 Å². The first-order valence-corrected chi connectivity index (χ1v) is 12.6. The number of carbonyl (C=O) groups is 2. The number of aromatic nitrogens is 2. The normalized spacial score (nSPS) is 10.8. The number of ether oxygens (including phenoxy) is 1. The van der Waals surface area contributed by atoms with E-state index in [0.29, 0.717) is 16.1 Å². The Balaban J connectivity index is 1.46. The van der Waals surface area contributed by atoms with E-state index < -0.39 is 11.5 Å². The third-order valence-electron chi connectivity index (χ3n) is 5.80. The van der Waals surface area contributed by atoms with Gasteiger partial charge < -0.3 is 10.1 Å². The molecule has 0 saturated heterocycles. The lowest BCUT2D eigenvalue weighted by molar-refractivity contribution is -0.115. The Labute approximate surface area is 217 Å². The molecule has 0 radical (unpaired) electrons. The molecule has 2 heterocycles. The summed E-state index contributed by atoms with van der Waals surface area (Å²) in [6.07, 6.45) is 0.136. The zero-order valence-electron chi connectivity index (χ0n) is 20.0. The molecule has 0 unspecified atom stereocenters. The van der Waals surface area contributed by atoms with Gasteiger partial charge in [0.15, 0.2) is 5.69 Å². The zero-order valence-corrected chi connectivity index (χ0v) is 20.8. The molecule has 0 aliphatic rings. The number of thiophene rings is 1. The van der Waals surface area contributed by atoms with Crippen molar-refractivity contribution in [2.45, 2.75) is 13.3 Å². The van der Waals surface area contributed by atoms with Gasteiger partial charge in [-0.3, -0.25) is 9.59 Å². The minimum absolute atomic E-state index is 0.0218. The molecule has 184 valence electrons. The summed E-state index contributed by atoms with van der Waals surface area (Å²) in [5, 5.41) is 9.75. The molecule has 37 heavy (non-hydrogen) atoms. The van der Waals surface area contributed by atoms with Gasteiger partial charge in [0, 0.05) is 10.8 Å². The summed E-state index contributed by atoms with van der Waals surface area (Å²) >= 11 is 1.18. The van der Waals surface area contributed by atoms with Crippen LogP contribution in [0.4, 0.5) is 5.00 Å². The second-order valence-corrected chi connectivity index (χ2v) is 9.14. The van der Waals surface area contributed by atoms with Crippen LogP contribution in [0.2, 0.25) is 0 Å². The molecule has 0 spiro atoms. The number of amides is 1. The number of esters is 1. The van der Waals surface area contributed by atoms with Crippen LogP contribution in [-0.4, -0.2) is 28.3 Å². The number of anilines is 1. The second kappa shape index (κ2) is 10.6. The molecule has 0 atom stereocenters. The highest BCUT2D eigenvalue weighted by molar-refractivity contribution is 7.16. The van der Waals surface area contributed by atoms with E-state index in [4.69, 9.17) is 4.74 Å². The van der Waals surface area contributed by atoms with Crippen molar-refractivity contribution in [1.82, 2.24) is 9.78 Å². The Morgan fingerprint density at radius 1 is 0.919 bits per heavy atom. The number of rotatable bonds is 7. The number of para-hydroxylation sites is 1. The van der Waals surface area contributed by atoms with E-state index >= 15 is 0 Å². The first-order valence-electron chi connectivity index (χ1n) is 11.8. The van der Waals surface area contributed by atoms with Crippen molar-refractivity contribution < 1.29 is 14.3 Å². The van der Waals surface area contributed by atoms with Crippen molar-refractivity contribution in [2.75, 3.05) is 11.9 Å². The van der Waals surface area contributed by atoms with Gasteiger partial charge in [0.05, 0.1) is 24.1 Å². The van der Waals surface area contributed by atoms with E-state index in [-0.39, 0.29) is 30.0 Å². The van der Waals surface area contributed by atoms with Crippen LogP contribution in [0.3, 0.4) is 0 Å². The predicted octanol–water partition coefficient (Wildman–Crippen LogP) is 5.47. The lowest BCUT2D eigenvalue weighted by Crippen LogP contribution is -2.25. The van der Waals surface area contributed by atoms with Gasteiger partial charge in [-0.25, -0.2) is 4.79 Å². The van der Waals surface area contributed by atoms with Crippen LogP contribution in [0.1, 0.15) is 23.0 Å². The number of hydrogen-bond acceptors (Lipinski definition) is 6. The maximum Gasteiger partial charge on any atom is 0.359 e. The van der Waals surface area contributed by atoms with E-state index in [0.717, 1.165) is 16.7 Å². The summed E-state index contributed by atoms with van der Waals surface area (Å²) in [5.74, 6) is -0.900. The molecule has 0 saturated carbocycles. The fourth-order valence-corrected chi connectivity index (χ4v) is 4.99. The van der Waals surface area contributed by atoms with Crippen LogP contribution in [-0.2, 0) is 16.0 Å². The quantitative estimate of drug-likeness (QED) is 0.294. The van der Waals surface area contributed by atoms with E-state index in [2.05, 4.69) is 10.4 Å². The van der Waals surface area contributed by atoms with Crippen molar-refractivity contribution in [3.8, 4) is 16.8 Å². The summed E-state index contributed by atoms with van der Waals surface area (Å²) in [6, 6.07) is 26.6. The second-order valence-electron chi connectivity index (χ2n) is 8.26. The third-order valence-corrected chi connectivity index (χ3v) is 6.70. The van der Waals surface area contributed by atoms with Crippen LogP contribution in [0.15, 0.2) is 95.1 Å². The van der Waals surface area contributed by atoms with Crippen molar-refractivity contribution >= 4 is 39.0 Å². The SMILES string of the molecule is CCOC(=O)c1nn(-c2ccccc2)c(=O)c2c(NC(=O)Cc3ccc(-c4ccccc4)cc3)scc12. The van der Waals surface area contributed by atoms with Crippen LogP contribution in [0, 0.1) is 0 Å². The Morgan fingerprint density at radius 3 is 2.24 bits per heavy atom. The van der Waals surface area contributed by atoms with Crippen LogP contribution in [0.5, 0.6) is 0 Å². The smallest absolute Gasteiger partial charge is 0.359 e. The average Bonchev–Trinajstić information content (AvgIpc) is 3.34. The molecule has 0 fully saturated rings. The molecule has 0 aliphatic heterocycles. The molecular weight excluding hydrogens is 486 g/mol. The highest BCUT2D eigenvalue weighted by atomic mass is 32.1. The Kier molecular flexibility index (Phi) is 6.91. The molecule has 8 heteroatoms. The molecule has 2 aromatic heterocycles. The Hall–Kier alpha value is -4.56. The highest BCUT2D eigenvalue weighted by Crippen LogP contribution is 2.31. The van der Waals surface area contributed by atoms with Gasteiger partial charge in [0.2, 0.25) is 5.91 Å². The van der Waals surface area contributed by atoms with Gasteiger partial charge in [-0.2, -0.15) is 9.78 Å². The summed E-state index contributed by atoms with van der Waals surface area (Å²) in [4.78, 5) is 39.1. The van der Waals surface area contributed by atoms with Gasteiger partial charge >= 0.3 is 5.97 Å². The molecule has 7 nitrogen and oxygen atoms in total. The van der Waals surface area contributed by atoms with Crippen molar-refractivity contribution in [1.29, 1.82) is 0 Å². The fourth-order valence-electron chi connectivity index (χ4n) is 4.04. The molecule has 5 aromatic rings. The van der Waals surface area contributed by atoms with E-state index in [1.54, 1.807) is 36.6 Å². The summed E-state index contributed by atoms with van der Waals surface area (Å²) in [5.41, 5.74) is 3.10. The Morgan fingerprint density at radius 2 is 1.57 bits per heavy atom. The number of benzene rings is 3. The van der Waals surface area contributed by atoms with Crippen LogP contribution >= 0.6 is 11.3 Å². The van der Waals surface area contributed by atoms with Gasteiger partial charge in [-0.05, 0) is 35.7 Å². The first-order chi connectivity index (χ1) is 18.0.